The van der Waals surface area contributed by atoms with Crippen LogP contribution >= 0.6 is 11.6 Å². The quantitative estimate of drug-likeness (QED) is 0.587. The molecule has 0 heterocycles. The minimum atomic E-state index is -1.56. The molecule has 15 heavy (non-hydrogen) atoms. The maximum absolute atomic E-state index is 13.7. The second-order valence-electron chi connectivity index (χ2n) is 2.93. The lowest BCUT2D eigenvalue weighted by molar-refractivity contribution is -0.136. The van der Waals surface area contributed by atoms with E-state index in [1.807, 2.05) is 0 Å². The van der Waals surface area contributed by atoms with Crippen LogP contribution in [0.3, 0.4) is 0 Å². The van der Waals surface area contributed by atoms with Crippen LogP contribution in [0.1, 0.15) is 11.7 Å². The molecule has 0 aliphatic heterocycles. The van der Waals surface area contributed by atoms with Crippen molar-refractivity contribution in [3.63, 3.8) is 0 Å². The first-order valence-electron chi connectivity index (χ1n) is 4.23. The van der Waals surface area contributed by atoms with Crippen molar-refractivity contribution in [2.24, 2.45) is 0 Å². The predicted octanol–water partition coefficient (Wildman–Crippen LogP) is 3.08. The van der Waals surface area contributed by atoms with Gasteiger partial charge < -0.3 is 4.74 Å². The molecule has 0 radical (unpaired) electrons. The van der Waals surface area contributed by atoms with Crippen LogP contribution in [0.2, 0.25) is 5.02 Å². The minimum absolute atomic E-state index is 0.222. The summed E-state index contributed by atoms with van der Waals surface area (Å²) in [6.45, 7) is 3.34. The van der Waals surface area contributed by atoms with Gasteiger partial charge in [0.2, 0.25) is 0 Å². The molecule has 0 aromatic heterocycles. The molecule has 0 saturated carbocycles. The van der Waals surface area contributed by atoms with Gasteiger partial charge in [0.25, 0.3) is 0 Å². The molecular formula is C11H10ClFO2. The SMILES string of the molecule is C=C(C(=O)OC)[C@@H](F)c1ccc(Cl)cc1. The number of carbonyl (C=O) groups excluding carboxylic acids is 1. The number of ether oxygens (including phenoxy) is 1. The van der Waals surface area contributed by atoms with E-state index < -0.39 is 12.1 Å². The van der Waals surface area contributed by atoms with Crippen molar-refractivity contribution in [2.75, 3.05) is 7.11 Å². The Labute approximate surface area is 92.3 Å². The summed E-state index contributed by atoms with van der Waals surface area (Å²) in [7, 11) is 1.18. The number of alkyl halides is 1. The molecule has 2 nitrogen and oxygen atoms in total. The van der Waals surface area contributed by atoms with E-state index >= 15 is 0 Å². The number of rotatable bonds is 3. The van der Waals surface area contributed by atoms with Gasteiger partial charge in [0.05, 0.1) is 12.7 Å². The Bertz CT molecular complexity index is 373. The standard InChI is InChI=1S/C11H10ClFO2/c1-7(11(14)15-2)10(13)8-3-5-9(12)6-4-8/h3-6,10H,1H2,2H3/t10-/m1/s1. The molecule has 1 rings (SSSR count). The van der Waals surface area contributed by atoms with Crippen molar-refractivity contribution in [1.82, 2.24) is 0 Å². The largest absolute Gasteiger partial charge is 0.466 e. The van der Waals surface area contributed by atoms with E-state index in [2.05, 4.69) is 11.3 Å². The van der Waals surface area contributed by atoms with Crippen LogP contribution in [0.15, 0.2) is 36.4 Å². The average Bonchev–Trinajstić information content (AvgIpc) is 2.27. The number of carbonyl (C=O) groups is 1. The molecule has 0 N–H and O–H groups in total. The number of benzene rings is 1. The zero-order chi connectivity index (χ0) is 11.4. The van der Waals surface area contributed by atoms with Crippen LogP contribution in [-0.4, -0.2) is 13.1 Å². The number of methoxy groups -OCH3 is 1. The first-order chi connectivity index (χ1) is 7.06. The second-order valence-corrected chi connectivity index (χ2v) is 3.37. The Hall–Kier alpha value is -1.35. The summed E-state index contributed by atoms with van der Waals surface area (Å²) in [6.07, 6.45) is -1.56. The van der Waals surface area contributed by atoms with E-state index in [0.29, 0.717) is 10.6 Å². The highest BCUT2D eigenvalue weighted by molar-refractivity contribution is 6.30. The topological polar surface area (TPSA) is 26.3 Å². The maximum atomic E-state index is 13.7. The number of hydrogen-bond donors (Lipinski definition) is 0. The maximum Gasteiger partial charge on any atom is 0.336 e. The smallest absolute Gasteiger partial charge is 0.336 e. The van der Waals surface area contributed by atoms with Crippen LogP contribution in [0.5, 0.6) is 0 Å². The van der Waals surface area contributed by atoms with Gasteiger partial charge in [0, 0.05) is 5.02 Å². The summed E-state index contributed by atoms with van der Waals surface area (Å²) in [5.74, 6) is -0.752. The summed E-state index contributed by atoms with van der Waals surface area (Å²) in [4.78, 5) is 11.0. The molecule has 0 unspecified atom stereocenters. The van der Waals surface area contributed by atoms with Gasteiger partial charge in [0.1, 0.15) is 0 Å². The fourth-order valence-corrected chi connectivity index (χ4v) is 1.19. The van der Waals surface area contributed by atoms with Gasteiger partial charge in [-0.15, -0.1) is 0 Å². The Kier molecular flexibility index (Phi) is 3.86. The molecule has 0 amide bonds. The molecule has 4 heteroatoms. The van der Waals surface area contributed by atoms with E-state index in [1.165, 1.54) is 19.2 Å². The molecule has 0 bridgehead atoms. The Morgan fingerprint density at radius 3 is 2.47 bits per heavy atom. The highest BCUT2D eigenvalue weighted by atomic mass is 35.5. The fourth-order valence-electron chi connectivity index (χ4n) is 1.07. The van der Waals surface area contributed by atoms with Gasteiger partial charge >= 0.3 is 5.97 Å². The number of esters is 1. The van der Waals surface area contributed by atoms with E-state index in [4.69, 9.17) is 11.6 Å². The summed E-state index contributed by atoms with van der Waals surface area (Å²) in [6, 6.07) is 6.10. The van der Waals surface area contributed by atoms with Crippen molar-refractivity contribution >= 4 is 17.6 Å². The van der Waals surface area contributed by atoms with Crippen molar-refractivity contribution in [2.45, 2.75) is 6.17 Å². The molecular weight excluding hydrogens is 219 g/mol. The van der Waals surface area contributed by atoms with Crippen molar-refractivity contribution < 1.29 is 13.9 Å². The van der Waals surface area contributed by atoms with Crippen molar-refractivity contribution in [3.8, 4) is 0 Å². The average molecular weight is 229 g/mol. The van der Waals surface area contributed by atoms with Crippen molar-refractivity contribution in [3.05, 3.63) is 47.0 Å². The first kappa shape index (κ1) is 11.7. The molecule has 1 aromatic carbocycles. The second kappa shape index (κ2) is 4.94. The molecule has 1 atom stereocenters. The highest BCUT2D eigenvalue weighted by Gasteiger charge is 2.20. The third-order valence-corrected chi connectivity index (χ3v) is 2.17. The molecule has 1 aromatic rings. The van der Waals surface area contributed by atoms with Gasteiger partial charge in [-0.1, -0.05) is 30.3 Å². The molecule has 0 aliphatic carbocycles. The molecule has 0 fully saturated rings. The zero-order valence-electron chi connectivity index (χ0n) is 8.17. The predicted molar refractivity (Wildman–Crippen MR) is 56.5 cm³/mol. The summed E-state index contributed by atoms with van der Waals surface area (Å²) in [5, 5.41) is 0.509. The summed E-state index contributed by atoms with van der Waals surface area (Å²) < 4.78 is 18.0. The van der Waals surface area contributed by atoms with Crippen LogP contribution in [0.25, 0.3) is 0 Å². The summed E-state index contributed by atoms with van der Waals surface area (Å²) >= 11 is 5.65. The lowest BCUT2D eigenvalue weighted by Crippen LogP contribution is -2.09. The Morgan fingerprint density at radius 2 is 2.00 bits per heavy atom. The first-order valence-corrected chi connectivity index (χ1v) is 4.60. The molecule has 0 aliphatic rings. The van der Waals surface area contributed by atoms with Gasteiger partial charge in [-0.3, -0.25) is 0 Å². The third kappa shape index (κ3) is 2.80. The number of hydrogen-bond acceptors (Lipinski definition) is 2. The molecule has 0 spiro atoms. The Balaban J connectivity index is 2.85. The van der Waals surface area contributed by atoms with Crippen LogP contribution in [0.4, 0.5) is 4.39 Å². The normalized spacial score (nSPS) is 11.9. The van der Waals surface area contributed by atoms with Crippen LogP contribution in [-0.2, 0) is 9.53 Å². The van der Waals surface area contributed by atoms with Crippen LogP contribution < -0.4 is 0 Å². The molecule has 80 valence electrons. The Morgan fingerprint density at radius 1 is 1.47 bits per heavy atom. The third-order valence-electron chi connectivity index (χ3n) is 1.92. The van der Waals surface area contributed by atoms with Gasteiger partial charge in [-0.05, 0) is 17.7 Å². The van der Waals surface area contributed by atoms with Crippen LogP contribution in [0, 0.1) is 0 Å². The fraction of sp³-hybridized carbons (Fsp3) is 0.182. The molecule has 0 saturated heterocycles. The van der Waals surface area contributed by atoms with E-state index in [9.17, 15) is 9.18 Å². The zero-order valence-corrected chi connectivity index (χ0v) is 8.92. The van der Waals surface area contributed by atoms with E-state index in [-0.39, 0.29) is 5.57 Å². The van der Waals surface area contributed by atoms with Gasteiger partial charge in [-0.2, -0.15) is 0 Å². The lowest BCUT2D eigenvalue weighted by Gasteiger charge is -2.09. The van der Waals surface area contributed by atoms with E-state index in [1.54, 1.807) is 12.1 Å². The minimum Gasteiger partial charge on any atom is -0.466 e. The van der Waals surface area contributed by atoms with Crippen molar-refractivity contribution in [1.29, 1.82) is 0 Å². The number of halogens is 2. The summed E-state index contributed by atoms with van der Waals surface area (Å²) in [5.41, 5.74) is 0.106. The van der Waals surface area contributed by atoms with Gasteiger partial charge in [-0.25, -0.2) is 9.18 Å². The van der Waals surface area contributed by atoms with E-state index in [0.717, 1.165) is 0 Å². The van der Waals surface area contributed by atoms with Gasteiger partial charge in [0.15, 0.2) is 6.17 Å². The monoisotopic (exact) mass is 228 g/mol. The lowest BCUT2D eigenvalue weighted by atomic mass is 10.0. The highest BCUT2D eigenvalue weighted by Crippen LogP contribution is 2.26.